The van der Waals surface area contributed by atoms with Crippen LogP contribution < -0.4 is 9.64 Å². The number of carbonyl (C=O) groups is 1. The molecule has 0 radical (unpaired) electrons. The molecule has 0 atom stereocenters. The number of aromatic nitrogens is 2. The third kappa shape index (κ3) is 3.77. The summed E-state index contributed by atoms with van der Waals surface area (Å²) in [6, 6.07) is 5.64. The second-order valence-corrected chi connectivity index (χ2v) is 5.18. The van der Waals surface area contributed by atoms with Gasteiger partial charge in [0.05, 0.1) is 18.9 Å². The van der Waals surface area contributed by atoms with Gasteiger partial charge in [0.15, 0.2) is 0 Å². The van der Waals surface area contributed by atoms with E-state index in [4.69, 9.17) is 9.47 Å². The summed E-state index contributed by atoms with van der Waals surface area (Å²) < 4.78 is 23.9. The maximum Gasteiger partial charge on any atom is 0.339 e. The number of anilines is 1. The first-order valence-electron chi connectivity index (χ1n) is 7.44. The first kappa shape index (κ1) is 16.1. The van der Waals surface area contributed by atoms with Crippen LogP contribution in [0.25, 0.3) is 0 Å². The number of benzene rings is 1. The van der Waals surface area contributed by atoms with E-state index >= 15 is 0 Å². The Morgan fingerprint density at radius 1 is 1.38 bits per heavy atom. The molecular formula is C16H16FN3O4. The lowest BCUT2D eigenvalue weighted by atomic mass is 10.2. The van der Waals surface area contributed by atoms with Crippen LogP contribution in [-0.4, -0.2) is 47.3 Å². The quantitative estimate of drug-likeness (QED) is 0.892. The fraction of sp³-hybridized carbons (Fsp3) is 0.312. The minimum absolute atomic E-state index is 0.0385. The molecule has 0 saturated carbocycles. The van der Waals surface area contributed by atoms with Gasteiger partial charge in [-0.3, -0.25) is 0 Å². The number of carboxylic acids is 1. The van der Waals surface area contributed by atoms with Crippen LogP contribution in [0, 0.1) is 5.82 Å². The molecule has 8 heteroatoms. The van der Waals surface area contributed by atoms with E-state index in [1.54, 1.807) is 6.07 Å². The zero-order valence-electron chi connectivity index (χ0n) is 12.8. The fourth-order valence-electron chi connectivity index (χ4n) is 2.32. The van der Waals surface area contributed by atoms with Crippen molar-refractivity contribution in [1.82, 2.24) is 9.97 Å². The number of nitrogens with zero attached hydrogens (tertiary/aromatic N) is 3. The van der Waals surface area contributed by atoms with E-state index in [0.717, 1.165) is 0 Å². The SMILES string of the molecule is O=C(O)c1cnc(N2CCOCC2)nc1COc1cccc(F)c1. The minimum atomic E-state index is -1.14. The number of aromatic carboxylic acids is 1. The molecule has 1 aromatic carbocycles. The minimum Gasteiger partial charge on any atom is -0.487 e. The summed E-state index contributed by atoms with van der Waals surface area (Å²) in [4.78, 5) is 21.7. The van der Waals surface area contributed by atoms with Crippen LogP contribution in [0.5, 0.6) is 5.75 Å². The van der Waals surface area contributed by atoms with Crippen molar-refractivity contribution < 1.29 is 23.8 Å². The number of ether oxygens (including phenoxy) is 2. The molecule has 126 valence electrons. The Labute approximate surface area is 137 Å². The predicted octanol–water partition coefficient (Wildman–Crippen LogP) is 1.73. The van der Waals surface area contributed by atoms with Gasteiger partial charge in [0, 0.05) is 25.4 Å². The maximum absolute atomic E-state index is 13.2. The van der Waals surface area contributed by atoms with E-state index in [1.165, 1.54) is 24.4 Å². The molecule has 0 spiro atoms. The van der Waals surface area contributed by atoms with Gasteiger partial charge in [-0.2, -0.15) is 0 Å². The average molecular weight is 333 g/mol. The van der Waals surface area contributed by atoms with Crippen LogP contribution in [0.15, 0.2) is 30.5 Å². The first-order chi connectivity index (χ1) is 11.6. The summed E-state index contributed by atoms with van der Waals surface area (Å²) in [5.41, 5.74) is 0.201. The molecule has 0 bridgehead atoms. The van der Waals surface area contributed by atoms with E-state index in [9.17, 15) is 14.3 Å². The topological polar surface area (TPSA) is 84.8 Å². The summed E-state index contributed by atoms with van der Waals surface area (Å²) >= 11 is 0. The van der Waals surface area contributed by atoms with Crippen molar-refractivity contribution in [3.63, 3.8) is 0 Å². The van der Waals surface area contributed by atoms with Gasteiger partial charge < -0.3 is 19.5 Å². The molecule has 1 aliphatic rings. The number of hydrogen-bond acceptors (Lipinski definition) is 6. The van der Waals surface area contributed by atoms with Crippen molar-refractivity contribution in [3.05, 3.63) is 47.5 Å². The smallest absolute Gasteiger partial charge is 0.339 e. The highest BCUT2D eigenvalue weighted by Crippen LogP contribution is 2.17. The van der Waals surface area contributed by atoms with Crippen LogP contribution in [0.2, 0.25) is 0 Å². The van der Waals surface area contributed by atoms with Gasteiger partial charge in [-0.15, -0.1) is 0 Å². The van der Waals surface area contributed by atoms with Gasteiger partial charge in [-0.25, -0.2) is 19.2 Å². The predicted molar refractivity (Wildman–Crippen MR) is 82.8 cm³/mol. The summed E-state index contributed by atoms with van der Waals surface area (Å²) in [6.07, 6.45) is 1.27. The van der Waals surface area contributed by atoms with Crippen LogP contribution in [0.4, 0.5) is 10.3 Å². The van der Waals surface area contributed by atoms with Gasteiger partial charge in [-0.1, -0.05) is 6.07 Å². The Kier molecular flexibility index (Phi) is 4.85. The number of hydrogen-bond donors (Lipinski definition) is 1. The van der Waals surface area contributed by atoms with Gasteiger partial charge in [-0.05, 0) is 12.1 Å². The van der Waals surface area contributed by atoms with Crippen molar-refractivity contribution in [1.29, 1.82) is 0 Å². The van der Waals surface area contributed by atoms with Crippen molar-refractivity contribution in [2.75, 3.05) is 31.2 Å². The number of halogens is 1. The lowest BCUT2D eigenvalue weighted by Gasteiger charge is -2.27. The molecule has 0 aliphatic carbocycles. The maximum atomic E-state index is 13.2. The fourth-order valence-corrected chi connectivity index (χ4v) is 2.32. The molecule has 1 fully saturated rings. The lowest BCUT2D eigenvalue weighted by molar-refractivity contribution is 0.0692. The van der Waals surface area contributed by atoms with Crippen LogP contribution >= 0.6 is 0 Å². The van der Waals surface area contributed by atoms with Crippen LogP contribution in [0.3, 0.4) is 0 Å². The summed E-state index contributed by atoms with van der Waals surface area (Å²) in [5.74, 6) is -0.831. The highest BCUT2D eigenvalue weighted by atomic mass is 19.1. The molecule has 1 N–H and O–H groups in total. The van der Waals surface area contributed by atoms with Crippen LogP contribution in [0.1, 0.15) is 16.1 Å². The van der Waals surface area contributed by atoms with Crippen molar-refractivity contribution in [2.45, 2.75) is 6.61 Å². The Morgan fingerprint density at radius 3 is 2.88 bits per heavy atom. The summed E-state index contributed by atoms with van der Waals surface area (Å²) in [6.45, 7) is 2.32. The Hall–Kier alpha value is -2.74. The van der Waals surface area contributed by atoms with Crippen LogP contribution in [-0.2, 0) is 11.3 Å². The summed E-state index contributed by atoms with van der Waals surface area (Å²) in [5, 5.41) is 9.28. The molecule has 1 aromatic heterocycles. The molecule has 2 heterocycles. The van der Waals surface area contributed by atoms with E-state index in [1.807, 2.05) is 4.90 Å². The normalized spacial score (nSPS) is 14.5. The third-order valence-corrected chi connectivity index (χ3v) is 3.55. The number of carboxylic acid groups (broad SMARTS) is 1. The second kappa shape index (κ2) is 7.22. The monoisotopic (exact) mass is 333 g/mol. The molecular weight excluding hydrogens is 317 g/mol. The summed E-state index contributed by atoms with van der Waals surface area (Å²) in [7, 11) is 0. The lowest BCUT2D eigenvalue weighted by Crippen LogP contribution is -2.37. The Balaban J connectivity index is 1.81. The van der Waals surface area contributed by atoms with Gasteiger partial charge in [0.2, 0.25) is 5.95 Å². The van der Waals surface area contributed by atoms with E-state index in [2.05, 4.69) is 9.97 Å². The number of morpholine rings is 1. The third-order valence-electron chi connectivity index (χ3n) is 3.55. The first-order valence-corrected chi connectivity index (χ1v) is 7.44. The largest absolute Gasteiger partial charge is 0.487 e. The highest BCUT2D eigenvalue weighted by Gasteiger charge is 2.19. The zero-order chi connectivity index (χ0) is 16.9. The molecule has 24 heavy (non-hydrogen) atoms. The molecule has 0 amide bonds. The van der Waals surface area contributed by atoms with Crippen molar-refractivity contribution >= 4 is 11.9 Å². The van der Waals surface area contributed by atoms with E-state index < -0.39 is 11.8 Å². The average Bonchev–Trinajstić information content (AvgIpc) is 2.60. The molecule has 1 saturated heterocycles. The van der Waals surface area contributed by atoms with Crippen molar-refractivity contribution in [2.24, 2.45) is 0 Å². The standard InChI is InChI=1S/C16H16FN3O4/c17-11-2-1-3-12(8-11)24-10-14-13(15(21)22)9-18-16(19-14)20-4-6-23-7-5-20/h1-3,8-9H,4-7,10H2,(H,21,22). The highest BCUT2D eigenvalue weighted by molar-refractivity contribution is 5.88. The molecule has 0 unspecified atom stereocenters. The zero-order valence-corrected chi connectivity index (χ0v) is 12.8. The molecule has 3 rings (SSSR count). The molecule has 1 aliphatic heterocycles. The molecule has 7 nitrogen and oxygen atoms in total. The second-order valence-electron chi connectivity index (χ2n) is 5.18. The number of rotatable bonds is 5. The Morgan fingerprint density at radius 2 is 2.17 bits per heavy atom. The van der Waals surface area contributed by atoms with Gasteiger partial charge >= 0.3 is 5.97 Å². The Bertz CT molecular complexity index is 735. The van der Waals surface area contributed by atoms with E-state index in [0.29, 0.717) is 38.0 Å². The van der Waals surface area contributed by atoms with Gasteiger partial charge in [0.25, 0.3) is 0 Å². The van der Waals surface area contributed by atoms with E-state index in [-0.39, 0.29) is 17.9 Å². The van der Waals surface area contributed by atoms with Crippen molar-refractivity contribution in [3.8, 4) is 5.75 Å². The van der Waals surface area contributed by atoms with Gasteiger partial charge in [0.1, 0.15) is 23.7 Å². The molecule has 2 aromatic rings.